The molecule has 0 aliphatic rings. The van der Waals surface area contributed by atoms with E-state index in [0.717, 1.165) is 5.69 Å². The number of hydrogen-bond donors (Lipinski definition) is 1. The number of hydrogen-bond acceptors (Lipinski definition) is 2. The van der Waals surface area contributed by atoms with Gasteiger partial charge in [-0.2, -0.15) is 0 Å². The van der Waals surface area contributed by atoms with Gasteiger partial charge in [0, 0.05) is 24.3 Å². The first-order chi connectivity index (χ1) is 9.09. The van der Waals surface area contributed by atoms with Gasteiger partial charge in [0.25, 0.3) is 0 Å². The fourth-order valence-corrected chi connectivity index (χ4v) is 2.09. The molecule has 1 heterocycles. The van der Waals surface area contributed by atoms with Crippen molar-refractivity contribution >= 4 is 15.9 Å². The van der Waals surface area contributed by atoms with E-state index in [1.807, 2.05) is 25.1 Å². The lowest BCUT2D eigenvalue weighted by molar-refractivity contribution is 0.502. The first-order valence-corrected chi connectivity index (χ1v) is 6.65. The molecule has 0 radical (unpaired) electrons. The molecule has 2 aromatic rings. The molecule has 1 unspecified atom stereocenters. The molecule has 0 amide bonds. The van der Waals surface area contributed by atoms with Crippen molar-refractivity contribution < 1.29 is 8.78 Å². The third-order valence-corrected chi connectivity index (χ3v) is 3.47. The second-order valence-electron chi connectivity index (χ2n) is 4.18. The Hall–Kier alpha value is -1.33. The van der Waals surface area contributed by atoms with Gasteiger partial charge in [0.05, 0.1) is 10.2 Å². The van der Waals surface area contributed by atoms with E-state index in [1.54, 1.807) is 6.20 Å². The maximum atomic E-state index is 13.8. The van der Waals surface area contributed by atoms with Crippen LogP contribution in [0.5, 0.6) is 0 Å². The van der Waals surface area contributed by atoms with Crippen LogP contribution in [0.15, 0.2) is 41.0 Å². The molecule has 0 saturated heterocycles. The van der Waals surface area contributed by atoms with Gasteiger partial charge in [-0.05, 0) is 47.1 Å². The van der Waals surface area contributed by atoms with Gasteiger partial charge >= 0.3 is 0 Å². The van der Waals surface area contributed by atoms with E-state index in [2.05, 4.69) is 26.2 Å². The summed E-state index contributed by atoms with van der Waals surface area (Å²) in [5.41, 5.74) is 0.857. The third kappa shape index (κ3) is 3.36. The average Bonchev–Trinajstić information content (AvgIpc) is 2.44. The summed E-state index contributed by atoms with van der Waals surface area (Å²) in [5, 5.41) is 3.06. The Kier molecular flexibility index (Phi) is 4.61. The van der Waals surface area contributed by atoms with E-state index >= 15 is 0 Å². The third-order valence-electron chi connectivity index (χ3n) is 2.86. The quantitative estimate of drug-likeness (QED) is 0.860. The van der Waals surface area contributed by atoms with Crippen molar-refractivity contribution in [3.8, 4) is 0 Å². The van der Waals surface area contributed by atoms with Crippen molar-refractivity contribution in [2.24, 2.45) is 0 Å². The summed E-state index contributed by atoms with van der Waals surface area (Å²) in [6.07, 6.45) is 1.69. The van der Waals surface area contributed by atoms with Crippen molar-refractivity contribution in [1.82, 2.24) is 10.3 Å². The van der Waals surface area contributed by atoms with Crippen molar-refractivity contribution in [3.63, 3.8) is 0 Å². The Bertz CT molecular complexity index is 561. The van der Waals surface area contributed by atoms with Crippen molar-refractivity contribution in [1.29, 1.82) is 0 Å². The molecule has 5 heteroatoms. The Morgan fingerprint density at radius 3 is 2.74 bits per heavy atom. The number of rotatable bonds is 4. The van der Waals surface area contributed by atoms with Crippen LogP contribution in [-0.4, -0.2) is 4.98 Å². The highest BCUT2D eigenvalue weighted by Gasteiger charge is 2.14. The minimum atomic E-state index is -0.569. The predicted molar refractivity (Wildman–Crippen MR) is 73.5 cm³/mol. The average molecular weight is 327 g/mol. The van der Waals surface area contributed by atoms with Crippen molar-refractivity contribution in [2.75, 3.05) is 0 Å². The van der Waals surface area contributed by atoms with E-state index < -0.39 is 11.6 Å². The highest BCUT2D eigenvalue weighted by Crippen LogP contribution is 2.22. The van der Waals surface area contributed by atoms with Crippen LogP contribution in [-0.2, 0) is 6.54 Å². The molecule has 1 aromatic carbocycles. The van der Waals surface area contributed by atoms with E-state index in [1.165, 1.54) is 12.1 Å². The molecular weight excluding hydrogens is 314 g/mol. The van der Waals surface area contributed by atoms with Gasteiger partial charge in [-0.25, -0.2) is 8.78 Å². The lowest BCUT2D eigenvalue weighted by Crippen LogP contribution is -2.20. The number of benzene rings is 1. The van der Waals surface area contributed by atoms with Gasteiger partial charge in [-0.15, -0.1) is 0 Å². The zero-order valence-corrected chi connectivity index (χ0v) is 11.9. The number of pyridine rings is 1. The van der Waals surface area contributed by atoms with Gasteiger partial charge in [-0.1, -0.05) is 6.07 Å². The van der Waals surface area contributed by atoms with Crippen molar-refractivity contribution in [2.45, 2.75) is 19.5 Å². The van der Waals surface area contributed by atoms with Gasteiger partial charge < -0.3 is 5.32 Å². The van der Waals surface area contributed by atoms with E-state index in [4.69, 9.17) is 0 Å². The number of nitrogens with one attached hydrogen (secondary N) is 1. The summed E-state index contributed by atoms with van der Waals surface area (Å²) in [6.45, 7) is 2.00. The monoisotopic (exact) mass is 326 g/mol. The Morgan fingerprint density at radius 2 is 2.05 bits per heavy atom. The molecule has 0 aliphatic carbocycles. The lowest BCUT2D eigenvalue weighted by Gasteiger charge is -2.14. The van der Waals surface area contributed by atoms with Crippen LogP contribution >= 0.6 is 15.9 Å². The minimum Gasteiger partial charge on any atom is -0.305 e. The van der Waals surface area contributed by atoms with Crippen molar-refractivity contribution in [3.05, 3.63) is 63.9 Å². The minimum absolute atomic E-state index is 0.0251. The van der Waals surface area contributed by atoms with Crippen LogP contribution in [0.1, 0.15) is 24.2 Å². The molecule has 0 saturated carbocycles. The molecular formula is C14H13BrF2N2. The Labute approximate surface area is 119 Å². The molecule has 0 spiro atoms. The lowest BCUT2D eigenvalue weighted by atomic mass is 10.1. The summed E-state index contributed by atoms with van der Waals surface area (Å²) in [5.74, 6) is -1.12. The van der Waals surface area contributed by atoms with E-state index in [9.17, 15) is 8.78 Å². The summed E-state index contributed by atoms with van der Waals surface area (Å²) < 4.78 is 27.6. The fraction of sp³-hybridized carbons (Fsp3) is 0.214. The SMILES string of the molecule is CC(NCc1c(F)ccc(Br)c1F)c1ccccn1. The van der Waals surface area contributed by atoms with Crippen LogP contribution in [0.2, 0.25) is 0 Å². The largest absolute Gasteiger partial charge is 0.305 e. The molecule has 1 N–H and O–H groups in total. The number of halogens is 3. The summed E-state index contributed by atoms with van der Waals surface area (Å²) in [4.78, 5) is 4.19. The molecule has 100 valence electrons. The molecule has 0 fully saturated rings. The van der Waals surface area contributed by atoms with Crippen LogP contribution in [0.3, 0.4) is 0 Å². The number of nitrogens with zero attached hydrogens (tertiary/aromatic N) is 1. The molecule has 1 aromatic heterocycles. The van der Waals surface area contributed by atoms with E-state index in [-0.39, 0.29) is 22.6 Å². The highest BCUT2D eigenvalue weighted by molar-refractivity contribution is 9.10. The zero-order valence-electron chi connectivity index (χ0n) is 10.3. The summed E-state index contributed by atoms with van der Waals surface area (Å²) in [6, 6.07) is 8.08. The summed E-state index contributed by atoms with van der Waals surface area (Å²) >= 11 is 3.05. The van der Waals surface area contributed by atoms with Crippen LogP contribution in [0.4, 0.5) is 8.78 Å². The molecule has 0 aliphatic heterocycles. The Balaban J connectivity index is 2.09. The fourth-order valence-electron chi connectivity index (χ4n) is 1.72. The van der Waals surface area contributed by atoms with Gasteiger partial charge in [0.1, 0.15) is 11.6 Å². The van der Waals surface area contributed by atoms with E-state index in [0.29, 0.717) is 0 Å². The maximum absolute atomic E-state index is 13.8. The van der Waals surface area contributed by atoms with Crippen LogP contribution in [0, 0.1) is 11.6 Å². The maximum Gasteiger partial charge on any atom is 0.144 e. The normalized spacial score (nSPS) is 12.4. The topological polar surface area (TPSA) is 24.9 Å². The molecule has 1 atom stereocenters. The zero-order chi connectivity index (χ0) is 13.8. The molecule has 2 rings (SSSR count). The first kappa shape index (κ1) is 14.1. The summed E-state index contributed by atoms with van der Waals surface area (Å²) in [7, 11) is 0. The highest BCUT2D eigenvalue weighted by atomic mass is 79.9. The molecule has 19 heavy (non-hydrogen) atoms. The van der Waals surface area contributed by atoms with Gasteiger partial charge in [0.2, 0.25) is 0 Å². The Morgan fingerprint density at radius 1 is 1.26 bits per heavy atom. The second-order valence-corrected chi connectivity index (χ2v) is 5.03. The van der Waals surface area contributed by atoms with Gasteiger partial charge in [-0.3, -0.25) is 4.98 Å². The second kappa shape index (κ2) is 6.21. The molecule has 2 nitrogen and oxygen atoms in total. The van der Waals surface area contributed by atoms with Crippen LogP contribution in [0.25, 0.3) is 0 Å². The molecule has 0 bridgehead atoms. The standard InChI is InChI=1S/C14H13BrF2N2/c1-9(13-4-2-3-7-18-13)19-8-10-12(16)6-5-11(15)14(10)17/h2-7,9,19H,8H2,1H3. The number of aromatic nitrogens is 1. The first-order valence-electron chi connectivity index (χ1n) is 5.86. The smallest absolute Gasteiger partial charge is 0.144 e. The van der Waals surface area contributed by atoms with Gasteiger partial charge in [0.15, 0.2) is 0 Å². The van der Waals surface area contributed by atoms with Crippen LogP contribution < -0.4 is 5.32 Å². The predicted octanol–water partition coefficient (Wildman–Crippen LogP) is 3.97.